The van der Waals surface area contributed by atoms with E-state index in [-0.39, 0.29) is 0 Å². The van der Waals surface area contributed by atoms with Gasteiger partial charge in [-0.1, -0.05) is 26.7 Å². The Hall–Kier alpha value is -1.09. The molecule has 3 heteroatoms. The Bertz CT molecular complexity index is 422. The van der Waals surface area contributed by atoms with Crippen LogP contribution >= 0.6 is 0 Å². The van der Waals surface area contributed by atoms with Crippen LogP contribution in [0.1, 0.15) is 57.2 Å². The fourth-order valence-corrected chi connectivity index (χ4v) is 3.25. The number of anilines is 1. The highest BCUT2D eigenvalue weighted by Gasteiger charge is 2.19. The van der Waals surface area contributed by atoms with E-state index in [1.807, 2.05) is 0 Å². The summed E-state index contributed by atoms with van der Waals surface area (Å²) in [5.41, 5.74) is 2.50. The van der Waals surface area contributed by atoms with Gasteiger partial charge in [0.15, 0.2) is 0 Å². The number of pyridine rings is 1. The summed E-state index contributed by atoms with van der Waals surface area (Å²) in [6, 6.07) is 4.48. The predicted octanol–water partition coefficient (Wildman–Crippen LogP) is 3.91. The summed E-state index contributed by atoms with van der Waals surface area (Å²) in [6.07, 6.45) is 6.55. The van der Waals surface area contributed by atoms with Crippen LogP contribution in [-0.4, -0.2) is 24.6 Å². The molecule has 0 aromatic carbocycles. The van der Waals surface area contributed by atoms with E-state index in [1.54, 1.807) is 0 Å². The van der Waals surface area contributed by atoms with Gasteiger partial charge in [0.25, 0.3) is 0 Å². The first-order valence-electron chi connectivity index (χ1n) is 8.66. The van der Waals surface area contributed by atoms with E-state index in [9.17, 15) is 0 Å². The van der Waals surface area contributed by atoms with Crippen LogP contribution in [0, 0.1) is 12.8 Å². The molecular formula is C18H31N3. The molecule has 21 heavy (non-hydrogen) atoms. The average molecular weight is 289 g/mol. The SMILES string of the molecule is CCCNCc1cc(C)nc(N2CCC(CCC)CC2)c1. The normalized spacial score (nSPS) is 16.4. The first-order valence-corrected chi connectivity index (χ1v) is 8.66. The number of nitrogens with zero attached hydrogens (tertiary/aromatic N) is 2. The third-order valence-electron chi connectivity index (χ3n) is 4.39. The van der Waals surface area contributed by atoms with Crippen LogP contribution in [0.25, 0.3) is 0 Å². The summed E-state index contributed by atoms with van der Waals surface area (Å²) in [5.74, 6) is 2.11. The molecule has 1 fully saturated rings. The van der Waals surface area contributed by atoms with Crippen molar-refractivity contribution in [2.75, 3.05) is 24.5 Å². The van der Waals surface area contributed by atoms with E-state index >= 15 is 0 Å². The lowest BCUT2D eigenvalue weighted by atomic mass is 9.92. The topological polar surface area (TPSA) is 28.2 Å². The molecule has 1 saturated heterocycles. The molecule has 1 N–H and O–H groups in total. The molecule has 0 spiro atoms. The molecule has 1 aromatic heterocycles. The van der Waals surface area contributed by atoms with Crippen molar-refractivity contribution in [1.29, 1.82) is 0 Å². The van der Waals surface area contributed by atoms with Gasteiger partial charge in [-0.2, -0.15) is 0 Å². The molecule has 0 radical (unpaired) electrons. The minimum Gasteiger partial charge on any atom is -0.357 e. The molecule has 2 heterocycles. The molecule has 0 amide bonds. The number of nitrogens with one attached hydrogen (secondary N) is 1. The Kier molecular flexibility index (Phi) is 6.50. The largest absolute Gasteiger partial charge is 0.357 e. The first kappa shape index (κ1) is 16.3. The predicted molar refractivity (Wildman–Crippen MR) is 90.8 cm³/mol. The van der Waals surface area contributed by atoms with Crippen LogP contribution in [0.3, 0.4) is 0 Å². The number of hydrogen-bond acceptors (Lipinski definition) is 3. The maximum Gasteiger partial charge on any atom is 0.129 e. The Labute approximate surface area is 130 Å². The lowest BCUT2D eigenvalue weighted by molar-refractivity contribution is 0.377. The van der Waals surface area contributed by atoms with E-state index in [4.69, 9.17) is 4.98 Å². The average Bonchev–Trinajstić information content (AvgIpc) is 2.48. The van der Waals surface area contributed by atoms with Crippen molar-refractivity contribution in [3.63, 3.8) is 0 Å². The van der Waals surface area contributed by atoms with Crippen molar-refractivity contribution in [2.24, 2.45) is 5.92 Å². The van der Waals surface area contributed by atoms with Gasteiger partial charge in [-0.15, -0.1) is 0 Å². The van der Waals surface area contributed by atoms with Crippen molar-refractivity contribution >= 4 is 5.82 Å². The van der Waals surface area contributed by atoms with Crippen molar-refractivity contribution in [2.45, 2.75) is 59.4 Å². The van der Waals surface area contributed by atoms with E-state index in [1.165, 1.54) is 56.6 Å². The summed E-state index contributed by atoms with van der Waals surface area (Å²) in [5, 5.41) is 3.49. The highest BCUT2D eigenvalue weighted by molar-refractivity contribution is 5.43. The lowest BCUT2D eigenvalue weighted by Crippen LogP contribution is -2.34. The summed E-state index contributed by atoms with van der Waals surface area (Å²) in [4.78, 5) is 7.23. The molecule has 2 rings (SSSR count). The molecule has 118 valence electrons. The summed E-state index contributed by atoms with van der Waals surface area (Å²) in [6.45, 7) is 11.0. The molecule has 0 saturated carbocycles. The molecule has 0 atom stereocenters. The summed E-state index contributed by atoms with van der Waals surface area (Å²) >= 11 is 0. The van der Waals surface area contributed by atoms with E-state index < -0.39 is 0 Å². The first-order chi connectivity index (χ1) is 10.2. The van der Waals surface area contributed by atoms with E-state index in [0.717, 1.165) is 24.7 Å². The van der Waals surface area contributed by atoms with Gasteiger partial charge in [0, 0.05) is 25.3 Å². The third-order valence-corrected chi connectivity index (χ3v) is 4.39. The number of piperidine rings is 1. The molecule has 1 aromatic rings. The quantitative estimate of drug-likeness (QED) is 0.771. The van der Waals surface area contributed by atoms with Crippen LogP contribution in [0.4, 0.5) is 5.82 Å². The van der Waals surface area contributed by atoms with Gasteiger partial charge in [-0.05, 0) is 56.3 Å². The second kappa shape index (κ2) is 8.38. The smallest absolute Gasteiger partial charge is 0.129 e. The minimum atomic E-state index is 0.932. The van der Waals surface area contributed by atoms with Crippen LogP contribution in [0.15, 0.2) is 12.1 Å². The monoisotopic (exact) mass is 289 g/mol. The van der Waals surface area contributed by atoms with Gasteiger partial charge in [0.1, 0.15) is 5.82 Å². The zero-order valence-electron chi connectivity index (χ0n) is 14.0. The molecular weight excluding hydrogens is 258 g/mol. The van der Waals surface area contributed by atoms with Gasteiger partial charge in [-0.3, -0.25) is 0 Å². The maximum atomic E-state index is 4.75. The number of aromatic nitrogens is 1. The van der Waals surface area contributed by atoms with E-state index in [0.29, 0.717) is 0 Å². The highest BCUT2D eigenvalue weighted by Crippen LogP contribution is 2.25. The number of hydrogen-bond donors (Lipinski definition) is 1. The molecule has 3 nitrogen and oxygen atoms in total. The Morgan fingerprint density at radius 3 is 2.62 bits per heavy atom. The summed E-state index contributed by atoms with van der Waals surface area (Å²) in [7, 11) is 0. The van der Waals surface area contributed by atoms with Gasteiger partial charge in [-0.25, -0.2) is 4.98 Å². The lowest BCUT2D eigenvalue weighted by Gasteiger charge is -2.33. The van der Waals surface area contributed by atoms with Crippen LogP contribution in [-0.2, 0) is 6.54 Å². The Balaban J connectivity index is 1.96. The zero-order valence-corrected chi connectivity index (χ0v) is 14.0. The second-order valence-corrected chi connectivity index (χ2v) is 6.37. The molecule has 0 unspecified atom stereocenters. The van der Waals surface area contributed by atoms with Gasteiger partial charge >= 0.3 is 0 Å². The van der Waals surface area contributed by atoms with Crippen molar-refractivity contribution in [3.8, 4) is 0 Å². The fourth-order valence-electron chi connectivity index (χ4n) is 3.25. The molecule has 0 bridgehead atoms. The number of aryl methyl sites for hydroxylation is 1. The number of rotatable bonds is 7. The van der Waals surface area contributed by atoms with Crippen LogP contribution in [0.5, 0.6) is 0 Å². The molecule has 0 aliphatic carbocycles. The van der Waals surface area contributed by atoms with Gasteiger partial charge in [0.05, 0.1) is 0 Å². The summed E-state index contributed by atoms with van der Waals surface area (Å²) < 4.78 is 0. The van der Waals surface area contributed by atoms with Gasteiger partial charge < -0.3 is 10.2 Å². The van der Waals surface area contributed by atoms with Gasteiger partial charge in [0.2, 0.25) is 0 Å². The Morgan fingerprint density at radius 1 is 1.19 bits per heavy atom. The Morgan fingerprint density at radius 2 is 1.95 bits per heavy atom. The van der Waals surface area contributed by atoms with Crippen molar-refractivity contribution in [3.05, 3.63) is 23.4 Å². The standard InChI is InChI=1S/C18H31N3/c1-4-6-16-7-10-21(11-8-16)18-13-17(12-15(3)20-18)14-19-9-5-2/h12-13,16,19H,4-11,14H2,1-3H3. The second-order valence-electron chi connectivity index (χ2n) is 6.37. The van der Waals surface area contributed by atoms with Crippen molar-refractivity contribution < 1.29 is 0 Å². The maximum absolute atomic E-state index is 4.75. The fraction of sp³-hybridized carbons (Fsp3) is 0.722. The van der Waals surface area contributed by atoms with Crippen LogP contribution < -0.4 is 10.2 Å². The molecule has 1 aliphatic heterocycles. The van der Waals surface area contributed by atoms with E-state index in [2.05, 4.69) is 43.1 Å². The zero-order chi connectivity index (χ0) is 15.1. The molecule has 1 aliphatic rings. The third kappa shape index (κ3) is 4.99. The highest BCUT2D eigenvalue weighted by atomic mass is 15.2. The van der Waals surface area contributed by atoms with Crippen molar-refractivity contribution in [1.82, 2.24) is 10.3 Å². The minimum absolute atomic E-state index is 0.932. The van der Waals surface area contributed by atoms with Crippen LogP contribution in [0.2, 0.25) is 0 Å².